The normalized spacial score (nSPS) is 15.4. The summed E-state index contributed by atoms with van der Waals surface area (Å²) in [4.78, 5) is 21.9. The molecule has 1 unspecified atom stereocenters. The maximum Gasteiger partial charge on any atom is 0.272 e. The minimum absolute atomic E-state index is 0.0163. The molecule has 1 atom stereocenters. The monoisotopic (exact) mass is 434 g/mol. The number of hydrogen-bond acceptors (Lipinski definition) is 6. The fourth-order valence-electron chi connectivity index (χ4n) is 3.99. The van der Waals surface area contributed by atoms with Gasteiger partial charge < -0.3 is 15.0 Å². The maximum absolute atomic E-state index is 12.7. The number of nitrogens with zero attached hydrogens (tertiary/aromatic N) is 5. The highest BCUT2D eigenvalue weighted by Gasteiger charge is 2.21. The van der Waals surface area contributed by atoms with Gasteiger partial charge in [-0.1, -0.05) is 12.1 Å². The molecule has 2 aromatic heterocycles. The number of piperazine rings is 1. The SMILES string of the molecule is COc1ccc(C)cc1-n1ccc(C(=O)NC(C)CN2CCN(c3ccccn3)CC2)n1. The van der Waals surface area contributed by atoms with Crippen molar-refractivity contribution in [3.05, 3.63) is 66.1 Å². The molecular weight excluding hydrogens is 404 g/mol. The lowest BCUT2D eigenvalue weighted by Gasteiger charge is -2.36. The van der Waals surface area contributed by atoms with E-state index >= 15 is 0 Å². The van der Waals surface area contributed by atoms with Gasteiger partial charge in [0.15, 0.2) is 5.69 Å². The molecule has 0 spiro atoms. The standard InChI is InChI=1S/C24H30N6O2/c1-18-7-8-22(32-3)21(16-18)30-11-9-20(27-30)24(31)26-19(2)17-28-12-14-29(15-13-28)23-6-4-5-10-25-23/h4-11,16,19H,12-15,17H2,1-3H3,(H,26,31). The number of carbonyl (C=O) groups is 1. The van der Waals surface area contributed by atoms with Crippen molar-refractivity contribution in [2.75, 3.05) is 44.7 Å². The number of pyridine rings is 1. The first-order valence-electron chi connectivity index (χ1n) is 10.9. The van der Waals surface area contributed by atoms with Gasteiger partial charge in [0.2, 0.25) is 0 Å². The van der Waals surface area contributed by atoms with E-state index in [1.54, 1.807) is 24.1 Å². The highest BCUT2D eigenvalue weighted by atomic mass is 16.5. The van der Waals surface area contributed by atoms with Crippen LogP contribution in [0.4, 0.5) is 5.82 Å². The zero-order valence-corrected chi connectivity index (χ0v) is 18.9. The lowest BCUT2D eigenvalue weighted by atomic mass is 10.2. The van der Waals surface area contributed by atoms with Crippen molar-refractivity contribution in [1.29, 1.82) is 0 Å². The third-order valence-electron chi connectivity index (χ3n) is 5.66. The van der Waals surface area contributed by atoms with Gasteiger partial charge in [0.05, 0.1) is 7.11 Å². The van der Waals surface area contributed by atoms with E-state index in [0.717, 1.165) is 49.8 Å². The lowest BCUT2D eigenvalue weighted by Crippen LogP contribution is -2.51. The topological polar surface area (TPSA) is 75.5 Å². The second kappa shape index (κ2) is 9.82. The van der Waals surface area contributed by atoms with Crippen LogP contribution in [0.3, 0.4) is 0 Å². The van der Waals surface area contributed by atoms with E-state index in [1.165, 1.54) is 0 Å². The second-order valence-electron chi connectivity index (χ2n) is 8.17. The number of methoxy groups -OCH3 is 1. The third-order valence-corrected chi connectivity index (χ3v) is 5.66. The van der Waals surface area contributed by atoms with Crippen molar-refractivity contribution in [3.8, 4) is 11.4 Å². The molecule has 3 aromatic rings. The molecule has 1 aliphatic heterocycles. The molecule has 0 aliphatic carbocycles. The van der Waals surface area contributed by atoms with Crippen LogP contribution in [0.2, 0.25) is 0 Å². The predicted octanol–water partition coefficient (Wildman–Crippen LogP) is 2.52. The number of carbonyl (C=O) groups excluding carboxylic acids is 1. The van der Waals surface area contributed by atoms with Gasteiger partial charge in [-0.15, -0.1) is 0 Å². The molecular formula is C24H30N6O2. The Labute approximate surface area is 188 Å². The molecule has 32 heavy (non-hydrogen) atoms. The Morgan fingerprint density at radius 3 is 2.69 bits per heavy atom. The Bertz CT molecular complexity index is 1040. The van der Waals surface area contributed by atoms with E-state index in [2.05, 4.69) is 25.2 Å². The first-order chi connectivity index (χ1) is 15.5. The highest BCUT2D eigenvalue weighted by molar-refractivity contribution is 5.92. The molecule has 8 nitrogen and oxygen atoms in total. The quantitative estimate of drug-likeness (QED) is 0.616. The summed E-state index contributed by atoms with van der Waals surface area (Å²) in [6, 6.07) is 13.6. The maximum atomic E-state index is 12.7. The molecule has 0 radical (unpaired) electrons. The zero-order chi connectivity index (χ0) is 22.5. The van der Waals surface area contributed by atoms with Crippen molar-refractivity contribution in [2.24, 2.45) is 0 Å². The average molecular weight is 435 g/mol. The summed E-state index contributed by atoms with van der Waals surface area (Å²) in [7, 11) is 1.63. The Morgan fingerprint density at radius 2 is 1.97 bits per heavy atom. The number of rotatable bonds is 7. The van der Waals surface area contributed by atoms with Gasteiger partial charge in [-0.3, -0.25) is 9.69 Å². The summed E-state index contributed by atoms with van der Waals surface area (Å²) >= 11 is 0. The molecule has 1 aliphatic rings. The molecule has 168 valence electrons. The Kier molecular flexibility index (Phi) is 6.70. The van der Waals surface area contributed by atoms with E-state index in [0.29, 0.717) is 11.4 Å². The number of aromatic nitrogens is 3. The van der Waals surface area contributed by atoms with E-state index in [-0.39, 0.29) is 11.9 Å². The van der Waals surface area contributed by atoms with E-state index in [9.17, 15) is 4.79 Å². The van der Waals surface area contributed by atoms with Crippen LogP contribution in [-0.2, 0) is 0 Å². The summed E-state index contributed by atoms with van der Waals surface area (Å²) in [5.74, 6) is 1.56. The predicted molar refractivity (Wildman–Crippen MR) is 125 cm³/mol. The largest absolute Gasteiger partial charge is 0.494 e. The van der Waals surface area contributed by atoms with Crippen LogP contribution in [0.25, 0.3) is 5.69 Å². The first kappa shape index (κ1) is 21.8. The van der Waals surface area contributed by atoms with E-state index < -0.39 is 0 Å². The minimum atomic E-state index is -0.171. The molecule has 1 fully saturated rings. The van der Waals surface area contributed by atoms with E-state index in [4.69, 9.17) is 4.74 Å². The van der Waals surface area contributed by atoms with Crippen molar-refractivity contribution >= 4 is 11.7 Å². The van der Waals surface area contributed by atoms with Crippen LogP contribution in [0, 0.1) is 6.92 Å². The third kappa shape index (κ3) is 5.08. The molecule has 0 saturated carbocycles. The Hall–Kier alpha value is -3.39. The molecule has 3 heterocycles. The smallest absolute Gasteiger partial charge is 0.272 e. The van der Waals surface area contributed by atoms with Gasteiger partial charge >= 0.3 is 0 Å². The Balaban J connectivity index is 1.31. The molecule has 1 saturated heterocycles. The number of amides is 1. The van der Waals surface area contributed by atoms with Crippen LogP contribution in [-0.4, -0.2) is 71.4 Å². The average Bonchev–Trinajstić information content (AvgIpc) is 3.30. The number of nitrogens with one attached hydrogen (secondary N) is 1. The van der Waals surface area contributed by atoms with Crippen molar-refractivity contribution in [1.82, 2.24) is 25.0 Å². The van der Waals surface area contributed by atoms with Gasteiger partial charge in [-0.25, -0.2) is 9.67 Å². The number of ether oxygens (including phenoxy) is 1. The molecule has 4 rings (SSSR count). The van der Waals surface area contributed by atoms with Crippen molar-refractivity contribution in [2.45, 2.75) is 19.9 Å². The fourth-order valence-corrected chi connectivity index (χ4v) is 3.99. The van der Waals surface area contributed by atoms with Crippen LogP contribution in [0.5, 0.6) is 5.75 Å². The summed E-state index contributed by atoms with van der Waals surface area (Å²) in [5, 5.41) is 7.55. The number of hydrogen-bond donors (Lipinski definition) is 1. The fraction of sp³-hybridized carbons (Fsp3) is 0.375. The van der Waals surface area contributed by atoms with Crippen LogP contribution in [0.15, 0.2) is 54.9 Å². The Morgan fingerprint density at radius 1 is 1.16 bits per heavy atom. The van der Waals surface area contributed by atoms with E-state index in [1.807, 2.05) is 56.4 Å². The molecule has 8 heteroatoms. The molecule has 1 N–H and O–H groups in total. The number of anilines is 1. The van der Waals surface area contributed by atoms with Crippen LogP contribution in [0.1, 0.15) is 23.0 Å². The van der Waals surface area contributed by atoms with Gasteiger partial charge in [-0.2, -0.15) is 5.10 Å². The van der Waals surface area contributed by atoms with Gasteiger partial charge in [0.25, 0.3) is 5.91 Å². The molecule has 0 bridgehead atoms. The lowest BCUT2D eigenvalue weighted by molar-refractivity contribution is 0.0922. The molecule has 1 aromatic carbocycles. The van der Waals surface area contributed by atoms with Gasteiger partial charge in [-0.05, 0) is 49.7 Å². The number of aryl methyl sites for hydroxylation is 1. The minimum Gasteiger partial charge on any atom is -0.494 e. The van der Waals surface area contributed by atoms with Crippen molar-refractivity contribution in [3.63, 3.8) is 0 Å². The summed E-state index contributed by atoms with van der Waals surface area (Å²) in [5.41, 5.74) is 2.30. The zero-order valence-electron chi connectivity index (χ0n) is 18.9. The summed E-state index contributed by atoms with van der Waals surface area (Å²) in [6.45, 7) is 8.59. The van der Waals surface area contributed by atoms with Gasteiger partial charge in [0, 0.05) is 51.2 Å². The highest BCUT2D eigenvalue weighted by Crippen LogP contribution is 2.23. The van der Waals surface area contributed by atoms with Gasteiger partial charge in [0.1, 0.15) is 17.3 Å². The number of benzene rings is 1. The summed E-state index contributed by atoms with van der Waals surface area (Å²) in [6.07, 6.45) is 3.61. The summed E-state index contributed by atoms with van der Waals surface area (Å²) < 4.78 is 7.12. The first-order valence-corrected chi connectivity index (χ1v) is 10.9. The molecule has 1 amide bonds. The van der Waals surface area contributed by atoms with Crippen LogP contribution >= 0.6 is 0 Å². The second-order valence-corrected chi connectivity index (χ2v) is 8.17. The van der Waals surface area contributed by atoms with Crippen LogP contribution < -0.4 is 15.0 Å². The van der Waals surface area contributed by atoms with Crippen molar-refractivity contribution < 1.29 is 9.53 Å².